The largest absolute Gasteiger partial charge is 0.737 e. The minimum Gasteiger partial charge on any atom is -0.603 e. The number of nitrogens with zero attached hydrogens (tertiary/aromatic N) is 3. The predicted octanol–water partition coefficient (Wildman–Crippen LogP) is 10.7. The number of aromatic nitrogens is 1. The van der Waals surface area contributed by atoms with E-state index in [1.54, 1.807) is 12.1 Å². The number of fused-ring (bicyclic) bond motifs is 2. The highest BCUT2D eigenvalue weighted by molar-refractivity contribution is 7.52. The summed E-state index contributed by atoms with van der Waals surface area (Å²) in [5, 5.41) is 0. The van der Waals surface area contributed by atoms with Crippen LogP contribution in [0.1, 0.15) is 179 Å². The van der Waals surface area contributed by atoms with Gasteiger partial charge in [0.1, 0.15) is 31.9 Å². The number of unbranched alkanes of at least 4 members (excludes halogenated alkanes) is 18. The lowest BCUT2D eigenvalue weighted by molar-refractivity contribution is -0.870. The van der Waals surface area contributed by atoms with Crippen molar-refractivity contribution in [3.05, 3.63) is 41.4 Å². The van der Waals surface area contributed by atoms with E-state index >= 15 is 8.63 Å². The Bertz CT molecular complexity index is 1540. The molecule has 11 nitrogen and oxygen atoms in total. The zero-order valence-electron chi connectivity index (χ0n) is 38.4. The van der Waals surface area contributed by atoms with Crippen molar-refractivity contribution in [3.63, 3.8) is 0 Å². The summed E-state index contributed by atoms with van der Waals surface area (Å²) < 4.78 is 56.0. The van der Waals surface area contributed by atoms with Crippen LogP contribution >= 0.6 is 8.17 Å². The molecule has 1 aromatic rings. The first-order chi connectivity index (χ1) is 29.2. The smallest absolute Gasteiger partial charge is 0.603 e. The van der Waals surface area contributed by atoms with E-state index in [0.717, 1.165) is 64.2 Å². The van der Waals surface area contributed by atoms with E-state index in [-0.39, 0.29) is 25.6 Å². The second-order valence-corrected chi connectivity index (χ2v) is 19.5. The zero-order chi connectivity index (χ0) is 44.6. The topological polar surface area (TPSA) is 126 Å². The monoisotopic (exact) mass is 883 g/mol. The molecule has 2 aliphatic heterocycles. The van der Waals surface area contributed by atoms with Gasteiger partial charge in [-0.25, -0.2) is 0 Å². The lowest BCUT2D eigenvalue weighted by Crippen LogP contribution is -2.50. The van der Waals surface area contributed by atoms with Crippen LogP contribution in [0.15, 0.2) is 30.0 Å². The highest BCUT2D eigenvalue weighted by Gasteiger charge is 2.52. The van der Waals surface area contributed by atoms with E-state index in [1.807, 2.05) is 39.4 Å². The summed E-state index contributed by atoms with van der Waals surface area (Å²) in [6, 6.07) is 3.61. The summed E-state index contributed by atoms with van der Waals surface area (Å²) in [5.41, 5.74) is 2.44. The normalized spacial score (nSPS) is 16.0. The molecule has 0 unspecified atom stereocenters. The van der Waals surface area contributed by atoms with Crippen molar-refractivity contribution < 1.29 is 55.5 Å². The lowest BCUT2D eigenvalue weighted by Gasteiger charge is -2.30. The van der Waals surface area contributed by atoms with Crippen molar-refractivity contribution in [2.24, 2.45) is 0 Å². The van der Waals surface area contributed by atoms with Gasteiger partial charge in [-0.05, 0) is 49.9 Å². The Kier molecular flexibility index (Phi) is 24.6. The predicted molar refractivity (Wildman–Crippen MR) is 241 cm³/mol. The number of ether oxygens (including phenoxy) is 2. The van der Waals surface area contributed by atoms with E-state index in [4.69, 9.17) is 18.5 Å². The first-order valence-electron chi connectivity index (χ1n) is 23.7. The summed E-state index contributed by atoms with van der Waals surface area (Å²) in [7, 11) is 1.07. The Morgan fingerprint density at radius 2 is 1.36 bits per heavy atom. The first-order valence-corrected chi connectivity index (χ1v) is 25.2. The van der Waals surface area contributed by atoms with Gasteiger partial charge in [0.05, 0.1) is 21.1 Å². The van der Waals surface area contributed by atoms with Crippen LogP contribution in [0, 0.1) is 0 Å². The molecule has 15 heteroatoms. The van der Waals surface area contributed by atoms with Crippen LogP contribution in [0.2, 0.25) is 0 Å². The maximum Gasteiger partial charge on any atom is 0.737 e. The average molecular weight is 883 g/mol. The molecule has 0 amide bonds. The molecule has 0 saturated carbocycles. The van der Waals surface area contributed by atoms with Crippen molar-refractivity contribution in [2.75, 3.05) is 47.5 Å². The Morgan fingerprint density at radius 3 is 1.97 bits per heavy atom. The standard InChI is InChI=1S/C46H79BF2N3O8P/c1-6-8-10-11-12-13-14-15-16-17-18-22-25-29-45(53)57-38-44(39-59-61(55,56)58-36-35-52(3,4)5)60-46(54)30-26-23-20-19-21-24-28-41-32-34-43-37-42-33-31-40(27-9-7-2)50(42)47(48,49)51(41)43/h31-34,37,44H,6-30,35-36,38-39H2,1-5H3/q+1/p+1/t44-/m1/s1. The first kappa shape index (κ1) is 52.9. The van der Waals surface area contributed by atoms with Crippen LogP contribution in [0.4, 0.5) is 8.63 Å². The molecule has 1 N–H and O–H groups in total. The molecule has 0 fully saturated rings. The number of esters is 2. The minimum atomic E-state index is -4.67. The SMILES string of the molecule is CCCCCCCCCCCCCCCC(=[OH+])OC[C@H](CO[P+]([O])([O-])OCC[N+](C)(C)C)OC(=O)CCCCCCCCc1ccc2n1[B-](F)(F)[N+]1=C(CCCC)C=CC1=C2. The Balaban J connectivity index is 1.35. The third kappa shape index (κ3) is 20.7. The Labute approximate surface area is 367 Å². The molecule has 3 rings (SSSR count). The highest BCUT2D eigenvalue weighted by Crippen LogP contribution is 2.48. The third-order valence-corrected chi connectivity index (χ3v) is 12.5. The maximum absolute atomic E-state index is 15.9. The molecular weight excluding hydrogens is 802 g/mol. The fraction of sp³-hybridized carbons (Fsp3) is 0.761. The van der Waals surface area contributed by atoms with E-state index in [2.05, 4.69) is 13.8 Å². The van der Waals surface area contributed by atoms with E-state index in [0.29, 0.717) is 59.5 Å². The quantitative estimate of drug-likeness (QED) is 0.0165. The summed E-state index contributed by atoms with van der Waals surface area (Å²) in [6.45, 7) is -0.0109. The van der Waals surface area contributed by atoms with Gasteiger partial charge in [-0.1, -0.05) is 123 Å². The van der Waals surface area contributed by atoms with Crippen LogP contribution in [0.3, 0.4) is 0 Å². The maximum atomic E-state index is 15.9. The van der Waals surface area contributed by atoms with Crippen LogP contribution < -0.4 is 4.89 Å². The molecule has 0 spiro atoms. The lowest BCUT2D eigenvalue weighted by atomic mass is 9.90. The molecule has 0 aromatic carbocycles. The highest BCUT2D eigenvalue weighted by atomic mass is 31.2. The molecule has 0 bridgehead atoms. The van der Waals surface area contributed by atoms with Crippen molar-refractivity contribution in [1.29, 1.82) is 0 Å². The molecule has 1 radical (unpaired) electrons. The van der Waals surface area contributed by atoms with Gasteiger partial charge in [0.25, 0.3) is 0 Å². The second-order valence-electron chi connectivity index (χ2n) is 18.1. The molecule has 1 atom stereocenters. The van der Waals surface area contributed by atoms with Crippen molar-refractivity contribution in [1.82, 2.24) is 4.48 Å². The molecule has 3 heterocycles. The molecule has 0 saturated heterocycles. The summed E-state index contributed by atoms with van der Waals surface area (Å²) in [4.78, 5) is 48.2. The van der Waals surface area contributed by atoms with Crippen LogP contribution in [-0.4, -0.2) is 96.5 Å². The Morgan fingerprint density at radius 1 is 0.787 bits per heavy atom. The number of aryl methyl sites for hydroxylation is 1. The van der Waals surface area contributed by atoms with E-state index < -0.39 is 33.8 Å². The number of carbonyl (C=O) groups is 1. The number of likely N-dealkylation sites (N-methyl/N-ethyl adjacent to an activating group) is 1. The summed E-state index contributed by atoms with van der Waals surface area (Å²) in [6.07, 6.45) is 28.5. The van der Waals surface area contributed by atoms with Gasteiger partial charge in [0, 0.05) is 41.7 Å². The number of allylic oxidation sites excluding steroid dienone is 2. The van der Waals surface area contributed by atoms with Crippen molar-refractivity contribution >= 4 is 38.9 Å². The number of halogens is 2. The van der Waals surface area contributed by atoms with Gasteiger partial charge in [-0.15, -0.1) is 0 Å². The minimum absolute atomic E-state index is 0.0577. The van der Waals surface area contributed by atoms with Gasteiger partial charge in [0.15, 0.2) is 11.8 Å². The Hall–Kier alpha value is -2.48. The molecule has 2 aliphatic rings. The van der Waals surface area contributed by atoms with Gasteiger partial charge < -0.3 is 41.2 Å². The number of hydrogen-bond donors (Lipinski definition) is 0. The van der Waals surface area contributed by atoms with Crippen LogP contribution in [-0.2, 0) is 34.6 Å². The summed E-state index contributed by atoms with van der Waals surface area (Å²) in [5.74, 6) is -0.689. The fourth-order valence-electron chi connectivity index (χ4n) is 7.88. The van der Waals surface area contributed by atoms with Crippen molar-refractivity contribution in [3.8, 4) is 0 Å². The van der Waals surface area contributed by atoms with E-state index in [1.165, 1.54) is 73.2 Å². The molecular formula is C46H80BF2N3O8P+2. The van der Waals surface area contributed by atoms with Gasteiger partial charge in [-0.2, -0.15) is 9.05 Å². The number of rotatable bonds is 36. The average Bonchev–Trinajstić information content (AvgIpc) is 3.82. The third-order valence-electron chi connectivity index (χ3n) is 11.5. The molecule has 347 valence electrons. The van der Waals surface area contributed by atoms with Gasteiger partial charge in [-0.3, -0.25) is 4.79 Å². The fourth-order valence-corrected chi connectivity index (χ4v) is 8.61. The van der Waals surface area contributed by atoms with Gasteiger partial charge >= 0.3 is 27.1 Å². The van der Waals surface area contributed by atoms with E-state index in [9.17, 15) is 19.4 Å². The van der Waals surface area contributed by atoms with Gasteiger partial charge in [0.2, 0.25) is 6.61 Å². The number of carbonyl (C=O) groups excluding carboxylic acids is 2. The molecule has 61 heavy (non-hydrogen) atoms. The second kappa shape index (κ2) is 28.3. The van der Waals surface area contributed by atoms with Crippen molar-refractivity contribution in [2.45, 2.75) is 180 Å². The van der Waals surface area contributed by atoms with Crippen LogP contribution in [0.25, 0.3) is 6.08 Å². The summed E-state index contributed by atoms with van der Waals surface area (Å²) >= 11 is 0. The van der Waals surface area contributed by atoms with Crippen LogP contribution in [0.5, 0.6) is 0 Å². The number of hydrogen-bond acceptors (Lipinski definition) is 6. The zero-order valence-corrected chi connectivity index (χ0v) is 39.3. The molecule has 1 aromatic heterocycles. The molecule has 0 aliphatic carbocycles. The number of quaternary nitrogens is 1.